The van der Waals surface area contributed by atoms with Crippen LogP contribution in [0.15, 0.2) is 24.3 Å². The fraction of sp³-hybridized carbons (Fsp3) is 0.538. The molecule has 1 atom stereocenters. The molecule has 1 aliphatic rings. The monoisotopic (exact) mass is 238 g/mol. The molecule has 0 aromatic heterocycles. The second-order valence-corrected chi connectivity index (χ2v) is 4.86. The molecule has 2 rings (SSSR count). The lowest BCUT2D eigenvalue weighted by Gasteiger charge is -2.29. The summed E-state index contributed by atoms with van der Waals surface area (Å²) in [6, 6.07) is 9.17. The maximum atomic E-state index is 6.23. The molecule has 1 aromatic carbocycles. The van der Waals surface area contributed by atoms with Crippen LogP contribution in [0.2, 0.25) is 5.02 Å². The molecular formula is C13H19ClN2. The van der Waals surface area contributed by atoms with Gasteiger partial charge in [0, 0.05) is 30.2 Å². The Labute approximate surface area is 102 Å². The summed E-state index contributed by atoms with van der Waals surface area (Å²) in [7, 11) is 0. The van der Waals surface area contributed by atoms with Crippen LogP contribution in [-0.4, -0.2) is 24.0 Å². The van der Waals surface area contributed by atoms with E-state index < -0.39 is 0 Å². The summed E-state index contributed by atoms with van der Waals surface area (Å²) in [4.78, 5) is 2.47. The summed E-state index contributed by atoms with van der Waals surface area (Å²) < 4.78 is 0. The van der Waals surface area contributed by atoms with Gasteiger partial charge in [-0.2, -0.15) is 0 Å². The minimum atomic E-state index is 0.366. The van der Waals surface area contributed by atoms with Crippen LogP contribution in [0.3, 0.4) is 0 Å². The van der Waals surface area contributed by atoms with Crippen LogP contribution in [0.4, 0.5) is 0 Å². The van der Waals surface area contributed by atoms with E-state index in [1.807, 2.05) is 18.2 Å². The average Bonchev–Trinajstić information content (AvgIpc) is 3.09. The molecule has 0 heterocycles. The van der Waals surface area contributed by atoms with Crippen molar-refractivity contribution in [2.45, 2.75) is 31.8 Å². The predicted molar refractivity (Wildman–Crippen MR) is 68.6 cm³/mol. The highest BCUT2D eigenvalue weighted by atomic mass is 35.5. The van der Waals surface area contributed by atoms with Gasteiger partial charge in [0.1, 0.15) is 0 Å². The van der Waals surface area contributed by atoms with Crippen LogP contribution in [-0.2, 0) is 0 Å². The number of rotatable bonds is 5. The van der Waals surface area contributed by atoms with E-state index in [1.165, 1.54) is 18.4 Å². The first-order chi connectivity index (χ1) is 7.74. The Bertz CT molecular complexity index is 350. The molecule has 16 heavy (non-hydrogen) atoms. The number of nitrogens with two attached hydrogens (primary N) is 1. The van der Waals surface area contributed by atoms with E-state index in [-0.39, 0.29) is 0 Å². The van der Waals surface area contributed by atoms with Crippen molar-refractivity contribution in [1.82, 2.24) is 4.90 Å². The van der Waals surface area contributed by atoms with Crippen molar-refractivity contribution in [3.05, 3.63) is 34.9 Å². The summed E-state index contributed by atoms with van der Waals surface area (Å²) >= 11 is 6.23. The fourth-order valence-electron chi connectivity index (χ4n) is 2.24. The maximum absolute atomic E-state index is 6.23. The van der Waals surface area contributed by atoms with E-state index in [0.29, 0.717) is 12.6 Å². The van der Waals surface area contributed by atoms with Gasteiger partial charge in [-0.15, -0.1) is 0 Å². The van der Waals surface area contributed by atoms with Gasteiger partial charge in [0.15, 0.2) is 0 Å². The first-order valence-corrected chi connectivity index (χ1v) is 6.32. The third-order valence-electron chi connectivity index (χ3n) is 3.26. The molecule has 2 nitrogen and oxygen atoms in total. The third kappa shape index (κ3) is 2.57. The molecule has 88 valence electrons. The molecule has 1 aliphatic carbocycles. The largest absolute Gasteiger partial charge is 0.329 e. The van der Waals surface area contributed by atoms with E-state index >= 15 is 0 Å². The highest BCUT2D eigenvalue weighted by molar-refractivity contribution is 6.31. The van der Waals surface area contributed by atoms with Crippen LogP contribution < -0.4 is 5.73 Å². The van der Waals surface area contributed by atoms with Gasteiger partial charge >= 0.3 is 0 Å². The summed E-state index contributed by atoms with van der Waals surface area (Å²) in [5.41, 5.74) is 6.89. The van der Waals surface area contributed by atoms with Crippen LogP contribution in [0.1, 0.15) is 31.4 Å². The smallest absolute Gasteiger partial charge is 0.0453 e. The minimum absolute atomic E-state index is 0.366. The standard InChI is InChI=1S/C13H19ClN2/c1-10(12-4-2-3-5-13(12)14)16(9-8-15)11-6-7-11/h2-5,10-11H,6-9,15H2,1H3. The Balaban J connectivity index is 2.15. The lowest BCUT2D eigenvalue weighted by Crippen LogP contribution is -2.34. The van der Waals surface area contributed by atoms with E-state index in [2.05, 4.69) is 17.9 Å². The van der Waals surface area contributed by atoms with Gasteiger partial charge in [0.25, 0.3) is 0 Å². The number of hydrogen-bond acceptors (Lipinski definition) is 2. The Morgan fingerprint density at radius 2 is 2.12 bits per heavy atom. The van der Waals surface area contributed by atoms with E-state index in [1.54, 1.807) is 0 Å². The second kappa shape index (κ2) is 5.17. The molecule has 1 unspecified atom stereocenters. The molecule has 1 saturated carbocycles. The molecule has 0 amide bonds. The normalized spacial score (nSPS) is 17.8. The van der Waals surface area contributed by atoms with Crippen molar-refractivity contribution in [3.8, 4) is 0 Å². The van der Waals surface area contributed by atoms with E-state index in [9.17, 15) is 0 Å². The zero-order valence-electron chi connectivity index (χ0n) is 9.70. The van der Waals surface area contributed by atoms with Gasteiger partial charge in [-0.05, 0) is 31.4 Å². The Morgan fingerprint density at radius 3 is 2.69 bits per heavy atom. The molecule has 0 spiro atoms. The molecule has 3 heteroatoms. The van der Waals surface area contributed by atoms with Crippen LogP contribution in [0.25, 0.3) is 0 Å². The highest BCUT2D eigenvalue weighted by Crippen LogP contribution is 2.35. The van der Waals surface area contributed by atoms with E-state index in [4.69, 9.17) is 17.3 Å². The average molecular weight is 239 g/mol. The zero-order valence-corrected chi connectivity index (χ0v) is 10.5. The Hall–Kier alpha value is -0.570. The molecule has 0 radical (unpaired) electrons. The zero-order chi connectivity index (χ0) is 11.5. The van der Waals surface area contributed by atoms with Gasteiger partial charge in [-0.25, -0.2) is 0 Å². The molecule has 1 aromatic rings. The van der Waals surface area contributed by atoms with Crippen LogP contribution in [0.5, 0.6) is 0 Å². The summed E-state index contributed by atoms with van der Waals surface area (Å²) in [6.45, 7) is 3.89. The first kappa shape index (κ1) is 11.9. The van der Waals surface area contributed by atoms with Crippen LogP contribution in [0, 0.1) is 0 Å². The third-order valence-corrected chi connectivity index (χ3v) is 3.60. The summed E-state index contributed by atoms with van der Waals surface area (Å²) in [6.07, 6.45) is 2.60. The molecule has 1 fully saturated rings. The van der Waals surface area contributed by atoms with Gasteiger partial charge < -0.3 is 5.73 Å². The topological polar surface area (TPSA) is 29.3 Å². The van der Waals surface area contributed by atoms with Crippen molar-refractivity contribution >= 4 is 11.6 Å². The van der Waals surface area contributed by atoms with Crippen molar-refractivity contribution in [2.24, 2.45) is 5.73 Å². The van der Waals surface area contributed by atoms with Crippen molar-refractivity contribution in [1.29, 1.82) is 0 Å². The second-order valence-electron chi connectivity index (χ2n) is 4.46. The number of nitrogens with zero attached hydrogens (tertiary/aromatic N) is 1. The van der Waals surface area contributed by atoms with Crippen LogP contribution >= 0.6 is 11.6 Å². The van der Waals surface area contributed by atoms with Crippen molar-refractivity contribution in [3.63, 3.8) is 0 Å². The quantitative estimate of drug-likeness (QED) is 0.855. The van der Waals surface area contributed by atoms with Crippen molar-refractivity contribution in [2.75, 3.05) is 13.1 Å². The predicted octanol–water partition coefficient (Wildman–Crippen LogP) is 2.82. The lowest BCUT2D eigenvalue weighted by molar-refractivity contribution is 0.206. The summed E-state index contributed by atoms with van der Waals surface area (Å²) in [5.74, 6) is 0. The minimum Gasteiger partial charge on any atom is -0.329 e. The molecular weight excluding hydrogens is 220 g/mol. The maximum Gasteiger partial charge on any atom is 0.0453 e. The van der Waals surface area contributed by atoms with Crippen molar-refractivity contribution < 1.29 is 0 Å². The Kier molecular flexibility index (Phi) is 3.85. The highest BCUT2D eigenvalue weighted by Gasteiger charge is 2.32. The van der Waals surface area contributed by atoms with Gasteiger partial charge in [0.05, 0.1) is 0 Å². The summed E-state index contributed by atoms with van der Waals surface area (Å²) in [5, 5.41) is 0.859. The number of halogens is 1. The van der Waals surface area contributed by atoms with Gasteiger partial charge in [-0.1, -0.05) is 29.8 Å². The van der Waals surface area contributed by atoms with Gasteiger partial charge in [-0.3, -0.25) is 4.90 Å². The van der Waals surface area contributed by atoms with Gasteiger partial charge in [0.2, 0.25) is 0 Å². The Morgan fingerprint density at radius 1 is 1.44 bits per heavy atom. The molecule has 2 N–H and O–H groups in total. The molecule has 0 saturated heterocycles. The fourth-order valence-corrected chi connectivity index (χ4v) is 2.53. The lowest BCUT2D eigenvalue weighted by atomic mass is 10.1. The first-order valence-electron chi connectivity index (χ1n) is 5.94. The number of hydrogen-bond donors (Lipinski definition) is 1. The molecule has 0 aliphatic heterocycles. The number of benzene rings is 1. The molecule has 0 bridgehead atoms. The van der Waals surface area contributed by atoms with E-state index in [0.717, 1.165) is 17.6 Å². The SMILES string of the molecule is CC(c1ccccc1Cl)N(CCN)C1CC1.